The zero-order valence-electron chi connectivity index (χ0n) is 16.0. The summed E-state index contributed by atoms with van der Waals surface area (Å²) in [6.45, 7) is 15.0. The molecule has 138 valence electrons. The van der Waals surface area contributed by atoms with Gasteiger partial charge in [0.25, 0.3) is 0 Å². The second-order valence-corrected chi connectivity index (χ2v) is 7.50. The molecule has 3 rings (SSSR count). The van der Waals surface area contributed by atoms with Gasteiger partial charge in [-0.25, -0.2) is 0 Å². The minimum atomic E-state index is 0.0178. The summed E-state index contributed by atoms with van der Waals surface area (Å²) in [5.41, 5.74) is 2.92. The van der Waals surface area contributed by atoms with Crippen molar-refractivity contribution in [1.82, 2.24) is 15.1 Å². The van der Waals surface area contributed by atoms with Crippen molar-refractivity contribution in [2.45, 2.75) is 32.4 Å². The van der Waals surface area contributed by atoms with E-state index in [1.54, 1.807) is 0 Å². The fourth-order valence-corrected chi connectivity index (χ4v) is 4.31. The number of piperazine rings is 1. The molecule has 0 saturated carbocycles. The van der Waals surface area contributed by atoms with E-state index in [0.29, 0.717) is 6.04 Å². The first-order chi connectivity index (χ1) is 12.1. The largest absolute Gasteiger partial charge is 0.379 e. The van der Waals surface area contributed by atoms with Crippen LogP contribution in [-0.2, 0) is 4.74 Å². The summed E-state index contributed by atoms with van der Waals surface area (Å²) in [6, 6.07) is 11.3. The molecule has 1 unspecified atom stereocenters. The molecule has 2 saturated heterocycles. The van der Waals surface area contributed by atoms with Crippen LogP contribution in [0.4, 0.5) is 0 Å². The van der Waals surface area contributed by atoms with Gasteiger partial charge in [0.15, 0.2) is 0 Å². The molecule has 2 aliphatic heterocycles. The van der Waals surface area contributed by atoms with Gasteiger partial charge in [-0.1, -0.05) is 36.4 Å². The summed E-state index contributed by atoms with van der Waals surface area (Å²) in [6.07, 6.45) is 2.36. The third kappa shape index (κ3) is 4.14. The zero-order chi connectivity index (χ0) is 17.7. The van der Waals surface area contributed by atoms with Crippen molar-refractivity contribution in [1.29, 1.82) is 0 Å². The van der Waals surface area contributed by atoms with E-state index in [1.807, 2.05) is 0 Å². The maximum Gasteiger partial charge on any atom is 0.0594 e. The Balaban J connectivity index is 1.94. The lowest BCUT2D eigenvalue weighted by atomic mass is 9.82. The molecule has 0 aliphatic carbocycles. The Bertz CT molecular complexity index is 558. The highest BCUT2D eigenvalue weighted by molar-refractivity contribution is 5.34. The highest BCUT2D eigenvalue weighted by atomic mass is 16.5. The third-order valence-corrected chi connectivity index (χ3v) is 5.75. The van der Waals surface area contributed by atoms with E-state index in [-0.39, 0.29) is 5.54 Å². The first-order valence-corrected chi connectivity index (χ1v) is 9.64. The molecule has 1 aromatic carbocycles. The Morgan fingerprint density at radius 1 is 1.08 bits per heavy atom. The number of ether oxygens (including phenoxy) is 1. The molecule has 0 radical (unpaired) electrons. The molecule has 1 N–H and O–H groups in total. The summed E-state index contributed by atoms with van der Waals surface area (Å²) in [5.74, 6) is 0. The smallest absolute Gasteiger partial charge is 0.0594 e. The van der Waals surface area contributed by atoms with Crippen LogP contribution in [0.2, 0.25) is 0 Å². The van der Waals surface area contributed by atoms with Crippen molar-refractivity contribution in [3.8, 4) is 0 Å². The third-order valence-electron chi connectivity index (χ3n) is 5.75. The summed E-state index contributed by atoms with van der Waals surface area (Å²) in [7, 11) is 0. The molecule has 0 spiro atoms. The number of hydrogen-bond donors (Lipinski definition) is 1. The van der Waals surface area contributed by atoms with Crippen molar-refractivity contribution in [3.05, 3.63) is 47.5 Å². The average molecular weight is 344 g/mol. The van der Waals surface area contributed by atoms with Crippen molar-refractivity contribution < 1.29 is 4.74 Å². The molecular weight excluding hydrogens is 310 g/mol. The number of nitrogens with zero attached hydrogens (tertiary/aromatic N) is 2. The first kappa shape index (κ1) is 18.6. The van der Waals surface area contributed by atoms with Crippen LogP contribution in [-0.4, -0.2) is 67.8 Å². The van der Waals surface area contributed by atoms with Crippen LogP contribution < -0.4 is 5.32 Å². The Morgan fingerprint density at radius 3 is 2.32 bits per heavy atom. The monoisotopic (exact) mass is 343 g/mol. The molecule has 0 bridgehead atoms. The Morgan fingerprint density at radius 2 is 1.72 bits per heavy atom. The second kappa shape index (κ2) is 8.45. The number of hydrogen-bond acceptors (Lipinski definition) is 4. The minimum Gasteiger partial charge on any atom is -0.379 e. The first-order valence-electron chi connectivity index (χ1n) is 9.64. The molecule has 0 aromatic heterocycles. The van der Waals surface area contributed by atoms with Crippen molar-refractivity contribution >= 4 is 0 Å². The van der Waals surface area contributed by atoms with E-state index in [1.165, 1.54) is 11.1 Å². The fourth-order valence-electron chi connectivity index (χ4n) is 4.31. The number of nitrogens with one attached hydrogen (secondary N) is 1. The van der Waals surface area contributed by atoms with E-state index < -0.39 is 0 Å². The van der Waals surface area contributed by atoms with Gasteiger partial charge in [0.2, 0.25) is 0 Å². The lowest BCUT2D eigenvalue weighted by molar-refractivity contribution is -0.00363. The van der Waals surface area contributed by atoms with E-state index in [4.69, 9.17) is 4.74 Å². The number of allylic oxidation sites excluding steroid dienone is 1. The van der Waals surface area contributed by atoms with Crippen LogP contribution in [0.3, 0.4) is 0 Å². The Labute approximate surface area is 152 Å². The molecule has 4 nitrogen and oxygen atoms in total. The summed E-state index contributed by atoms with van der Waals surface area (Å²) in [5, 5.41) is 3.49. The van der Waals surface area contributed by atoms with Crippen LogP contribution in [0.15, 0.2) is 42.0 Å². The molecular formula is C21H33N3O. The Kier molecular flexibility index (Phi) is 6.29. The SMILES string of the molecule is CC=C(C(c1ccccc1)N1CCNCC1)C(C)(C)N1CCOCC1. The van der Waals surface area contributed by atoms with Crippen LogP contribution in [0, 0.1) is 0 Å². The maximum atomic E-state index is 5.59. The predicted octanol–water partition coefficient (Wildman–Crippen LogP) is 2.69. The highest BCUT2D eigenvalue weighted by Crippen LogP contribution is 2.38. The van der Waals surface area contributed by atoms with Gasteiger partial charge in [-0.2, -0.15) is 0 Å². The molecule has 2 heterocycles. The summed E-state index contributed by atoms with van der Waals surface area (Å²) >= 11 is 0. The quantitative estimate of drug-likeness (QED) is 0.832. The second-order valence-electron chi connectivity index (χ2n) is 7.50. The van der Waals surface area contributed by atoms with Crippen LogP contribution in [0.25, 0.3) is 0 Å². The van der Waals surface area contributed by atoms with E-state index in [9.17, 15) is 0 Å². The Hall–Kier alpha value is -1.20. The summed E-state index contributed by atoms with van der Waals surface area (Å²) in [4.78, 5) is 5.23. The maximum absolute atomic E-state index is 5.59. The molecule has 4 heteroatoms. The van der Waals surface area contributed by atoms with Gasteiger partial charge in [-0.05, 0) is 31.9 Å². The lowest BCUT2D eigenvalue weighted by Gasteiger charge is -2.47. The van der Waals surface area contributed by atoms with Gasteiger partial charge >= 0.3 is 0 Å². The van der Waals surface area contributed by atoms with Crippen molar-refractivity contribution in [3.63, 3.8) is 0 Å². The van der Waals surface area contributed by atoms with E-state index in [0.717, 1.165) is 52.5 Å². The molecule has 2 fully saturated rings. The van der Waals surface area contributed by atoms with Gasteiger partial charge in [0.05, 0.1) is 19.3 Å². The molecule has 1 atom stereocenters. The number of morpholine rings is 1. The highest BCUT2D eigenvalue weighted by Gasteiger charge is 2.38. The van der Waals surface area contributed by atoms with Gasteiger partial charge < -0.3 is 10.1 Å². The van der Waals surface area contributed by atoms with E-state index in [2.05, 4.69) is 72.3 Å². The summed E-state index contributed by atoms with van der Waals surface area (Å²) < 4.78 is 5.59. The van der Waals surface area contributed by atoms with Gasteiger partial charge in [-0.3, -0.25) is 9.80 Å². The van der Waals surface area contributed by atoms with Crippen LogP contribution >= 0.6 is 0 Å². The number of benzene rings is 1. The molecule has 2 aliphatic rings. The average Bonchev–Trinajstić information content (AvgIpc) is 2.68. The standard InChI is InChI=1S/C21H33N3O/c1-4-19(21(2,3)24-14-16-25-17-15-24)20(18-8-6-5-7-9-18)23-12-10-22-11-13-23/h4-9,20,22H,10-17H2,1-3H3. The molecule has 1 aromatic rings. The van der Waals surface area contributed by atoms with Crippen LogP contribution in [0.5, 0.6) is 0 Å². The van der Waals surface area contributed by atoms with Gasteiger partial charge in [-0.15, -0.1) is 0 Å². The predicted molar refractivity (Wildman–Crippen MR) is 104 cm³/mol. The van der Waals surface area contributed by atoms with Crippen molar-refractivity contribution in [2.75, 3.05) is 52.5 Å². The van der Waals surface area contributed by atoms with E-state index >= 15 is 0 Å². The van der Waals surface area contributed by atoms with Crippen molar-refractivity contribution in [2.24, 2.45) is 0 Å². The molecule has 25 heavy (non-hydrogen) atoms. The number of rotatable bonds is 5. The van der Waals surface area contributed by atoms with Crippen LogP contribution in [0.1, 0.15) is 32.4 Å². The lowest BCUT2D eigenvalue weighted by Crippen LogP contribution is -2.54. The normalized spacial score (nSPS) is 22.8. The van der Waals surface area contributed by atoms with Gasteiger partial charge in [0, 0.05) is 44.8 Å². The minimum absolute atomic E-state index is 0.0178. The fraction of sp³-hybridized carbons (Fsp3) is 0.619. The molecule has 0 amide bonds. The topological polar surface area (TPSA) is 27.7 Å². The zero-order valence-corrected chi connectivity index (χ0v) is 16.0. The van der Waals surface area contributed by atoms with Gasteiger partial charge in [0.1, 0.15) is 0 Å².